The van der Waals surface area contributed by atoms with Gasteiger partial charge in [-0.2, -0.15) is 11.8 Å². The van der Waals surface area contributed by atoms with Gasteiger partial charge in [-0.05, 0) is 32.5 Å². The molecular formula is C8H17NS. The van der Waals surface area contributed by atoms with Crippen molar-refractivity contribution >= 4 is 11.8 Å². The van der Waals surface area contributed by atoms with Crippen LogP contribution in [0.3, 0.4) is 0 Å². The van der Waals surface area contributed by atoms with Crippen LogP contribution in [0.4, 0.5) is 0 Å². The third-order valence-corrected chi connectivity index (χ3v) is 2.20. The Morgan fingerprint density at radius 1 is 1.60 bits per heavy atom. The van der Waals surface area contributed by atoms with Crippen molar-refractivity contribution < 1.29 is 0 Å². The lowest BCUT2D eigenvalue weighted by Crippen LogP contribution is -2.25. The quantitative estimate of drug-likeness (QED) is 0.563. The van der Waals surface area contributed by atoms with Crippen LogP contribution in [0, 0.1) is 0 Å². The maximum absolute atomic E-state index is 3.78. The summed E-state index contributed by atoms with van der Waals surface area (Å²) in [6.45, 7) is 3.78. The molecule has 0 aromatic rings. The van der Waals surface area contributed by atoms with E-state index in [2.05, 4.69) is 31.8 Å². The summed E-state index contributed by atoms with van der Waals surface area (Å²) in [6, 6.07) is 0.549. The second-order valence-corrected chi connectivity index (χ2v) is 3.53. The summed E-state index contributed by atoms with van der Waals surface area (Å²) < 4.78 is 0. The predicted molar refractivity (Wildman–Crippen MR) is 50.7 cm³/mol. The highest BCUT2D eigenvalue weighted by atomic mass is 32.2. The molecule has 0 bridgehead atoms. The van der Waals surface area contributed by atoms with Crippen LogP contribution in [0.15, 0.2) is 12.7 Å². The third-order valence-electron chi connectivity index (χ3n) is 1.55. The van der Waals surface area contributed by atoms with Crippen molar-refractivity contribution in [1.29, 1.82) is 0 Å². The molecule has 0 rings (SSSR count). The molecule has 0 aliphatic heterocycles. The van der Waals surface area contributed by atoms with Crippen LogP contribution in [-0.4, -0.2) is 37.0 Å². The highest BCUT2D eigenvalue weighted by Crippen LogP contribution is 2.05. The fraction of sp³-hybridized carbons (Fsp3) is 0.750. The monoisotopic (exact) mass is 159 g/mol. The van der Waals surface area contributed by atoms with Crippen LogP contribution < -0.4 is 0 Å². The molecule has 0 saturated carbocycles. The molecule has 0 aromatic heterocycles. The number of rotatable bonds is 5. The van der Waals surface area contributed by atoms with Gasteiger partial charge in [0.05, 0.1) is 0 Å². The van der Waals surface area contributed by atoms with E-state index in [9.17, 15) is 0 Å². The zero-order chi connectivity index (χ0) is 7.98. The van der Waals surface area contributed by atoms with Gasteiger partial charge in [-0.1, -0.05) is 6.08 Å². The molecule has 0 radical (unpaired) electrons. The molecule has 0 amide bonds. The molecule has 1 nitrogen and oxygen atoms in total. The van der Waals surface area contributed by atoms with E-state index in [1.807, 2.05) is 17.8 Å². The number of likely N-dealkylation sites (N-methyl/N-ethyl adjacent to an activating group) is 1. The number of hydrogen-bond donors (Lipinski definition) is 0. The van der Waals surface area contributed by atoms with Crippen LogP contribution in [0.1, 0.15) is 6.42 Å². The molecule has 0 heterocycles. The molecule has 60 valence electrons. The summed E-state index contributed by atoms with van der Waals surface area (Å²) in [5, 5.41) is 0. The first-order valence-electron chi connectivity index (χ1n) is 3.50. The molecule has 0 spiro atoms. The van der Waals surface area contributed by atoms with Crippen molar-refractivity contribution in [2.45, 2.75) is 12.5 Å². The largest absolute Gasteiger partial charge is 0.303 e. The minimum absolute atomic E-state index is 0.549. The van der Waals surface area contributed by atoms with Crippen molar-refractivity contribution in [1.82, 2.24) is 4.90 Å². The molecule has 0 aliphatic rings. The average Bonchev–Trinajstić information content (AvgIpc) is 1.89. The van der Waals surface area contributed by atoms with Gasteiger partial charge in [0.2, 0.25) is 0 Å². The summed E-state index contributed by atoms with van der Waals surface area (Å²) in [6.07, 6.45) is 5.35. The van der Waals surface area contributed by atoms with Crippen molar-refractivity contribution in [3.8, 4) is 0 Å². The van der Waals surface area contributed by atoms with Crippen molar-refractivity contribution in [3.05, 3.63) is 12.7 Å². The van der Waals surface area contributed by atoms with E-state index < -0.39 is 0 Å². The molecule has 0 saturated heterocycles. The summed E-state index contributed by atoms with van der Waals surface area (Å²) in [7, 11) is 4.18. The Morgan fingerprint density at radius 3 is 2.50 bits per heavy atom. The van der Waals surface area contributed by atoms with Gasteiger partial charge < -0.3 is 4.90 Å². The Morgan fingerprint density at radius 2 is 2.20 bits per heavy atom. The zero-order valence-corrected chi connectivity index (χ0v) is 7.95. The normalized spacial score (nSPS) is 13.6. The highest BCUT2D eigenvalue weighted by Gasteiger charge is 2.04. The molecule has 0 aromatic carbocycles. The zero-order valence-electron chi connectivity index (χ0n) is 7.13. The van der Waals surface area contributed by atoms with Gasteiger partial charge in [-0.25, -0.2) is 0 Å². The summed E-state index contributed by atoms with van der Waals surface area (Å²) in [5.41, 5.74) is 0. The Bertz CT molecular complexity index is 91.3. The number of thioether (sulfide) groups is 1. The van der Waals surface area contributed by atoms with E-state index in [1.165, 1.54) is 12.2 Å². The molecular weight excluding hydrogens is 142 g/mol. The minimum Gasteiger partial charge on any atom is -0.303 e. The van der Waals surface area contributed by atoms with E-state index in [1.54, 1.807) is 0 Å². The van der Waals surface area contributed by atoms with E-state index in [0.717, 1.165) is 0 Å². The van der Waals surface area contributed by atoms with Gasteiger partial charge in [0.25, 0.3) is 0 Å². The fourth-order valence-corrected chi connectivity index (χ4v) is 1.30. The lowest BCUT2D eigenvalue weighted by molar-refractivity contribution is 0.338. The maximum Gasteiger partial charge on any atom is 0.0277 e. The van der Waals surface area contributed by atoms with Crippen LogP contribution in [0.25, 0.3) is 0 Å². The fourth-order valence-electron chi connectivity index (χ4n) is 0.825. The highest BCUT2D eigenvalue weighted by molar-refractivity contribution is 7.98. The van der Waals surface area contributed by atoms with Crippen LogP contribution >= 0.6 is 11.8 Å². The number of nitrogens with zero attached hydrogens (tertiary/aromatic N) is 1. The Balaban J connectivity index is 3.50. The predicted octanol–water partition coefficient (Wildman–Crippen LogP) is 1.86. The van der Waals surface area contributed by atoms with E-state index in [-0.39, 0.29) is 0 Å². The summed E-state index contributed by atoms with van der Waals surface area (Å²) >= 11 is 1.89. The molecule has 0 aliphatic carbocycles. The van der Waals surface area contributed by atoms with Gasteiger partial charge in [0.15, 0.2) is 0 Å². The van der Waals surface area contributed by atoms with Gasteiger partial charge in [-0.3, -0.25) is 0 Å². The molecule has 1 unspecified atom stereocenters. The van der Waals surface area contributed by atoms with Crippen LogP contribution in [-0.2, 0) is 0 Å². The first-order valence-corrected chi connectivity index (χ1v) is 4.89. The topological polar surface area (TPSA) is 3.24 Å². The second-order valence-electron chi connectivity index (χ2n) is 2.55. The second kappa shape index (κ2) is 5.81. The summed E-state index contributed by atoms with van der Waals surface area (Å²) in [4.78, 5) is 2.20. The van der Waals surface area contributed by atoms with Crippen molar-refractivity contribution in [3.63, 3.8) is 0 Å². The number of hydrogen-bond acceptors (Lipinski definition) is 2. The van der Waals surface area contributed by atoms with E-state index in [0.29, 0.717) is 6.04 Å². The van der Waals surface area contributed by atoms with E-state index >= 15 is 0 Å². The van der Waals surface area contributed by atoms with Gasteiger partial charge >= 0.3 is 0 Å². The SMILES string of the molecule is C=CC(CCSC)N(C)C. The smallest absolute Gasteiger partial charge is 0.0277 e. The standard InChI is InChI=1S/C8H17NS/c1-5-8(9(2)3)6-7-10-4/h5,8H,1,6-7H2,2-4H3. The molecule has 0 N–H and O–H groups in total. The molecule has 2 heteroatoms. The average molecular weight is 159 g/mol. The Kier molecular flexibility index (Phi) is 5.84. The molecule has 10 heavy (non-hydrogen) atoms. The first kappa shape index (κ1) is 10.0. The van der Waals surface area contributed by atoms with Crippen LogP contribution in [0.2, 0.25) is 0 Å². The Hall–Kier alpha value is 0.0500. The van der Waals surface area contributed by atoms with Crippen molar-refractivity contribution in [2.24, 2.45) is 0 Å². The minimum atomic E-state index is 0.549. The molecule has 0 fully saturated rings. The maximum atomic E-state index is 3.78. The lowest BCUT2D eigenvalue weighted by atomic mass is 10.2. The van der Waals surface area contributed by atoms with Gasteiger partial charge in [0, 0.05) is 6.04 Å². The lowest BCUT2D eigenvalue weighted by Gasteiger charge is -2.19. The summed E-state index contributed by atoms with van der Waals surface area (Å²) in [5.74, 6) is 1.22. The van der Waals surface area contributed by atoms with E-state index in [4.69, 9.17) is 0 Å². The molecule has 1 atom stereocenters. The third kappa shape index (κ3) is 3.96. The Labute approximate surface area is 68.5 Å². The van der Waals surface area contributed by atoms with Gasteiger partial charge in [-0.15, -0.1) is 6.58 Å². The van der Waals surface area contributed by atoms with Gasteiger partial charge in [0.1, 0.15) is 0 Å². The first-order chi connectivity index (χ1) is 4.72. The van der Waals surface area contributed by atoms with Crippen LogP contribution in [0.5, 0.6) is 0 Å². The van der Waals surface area contributed by atoms with Crippen molar-refractivity contribution in [2.75, 3.05) is 26.1 Å².